The maximum atomic E-state index is 12.2. The van der Waals surface area contributed by atoms with Crippen LogP contribution in [0.15, 0.2) is 60.7 Å². The molecule has 1 heterocycles. The molecule has 0 atom stereocenters. The van der Waals surface area contributed by atoms with Crippen LogP contribution in [0.5, 0.6) is 0 Å². The van der Waals surface area contributed by atoms with Crippen molar-refractivity contribution in [2.24, 2.45) is 0 Å². The van der Waals surface area contributed by atoms with E-state index in [-0.39, 0.29) is 6.03 Å². The van der Waals surface area contributed by atoms with Gasteiger partial charge in [-0.1, -0.05) is 60.7 Å². The lowest BCUT2D eigenvalue weighted by Crippen LogP contribution is -2.51. The molecule has 1 N–H and O–H groups in total. The SMILES string of the molecule is O=C(NCCc1ccccc1)N1CCN(Cc2ccccc2)CC1. The fraction of sp³-hybridized carbons (Fsp3) is 0.350. The number of nitrogens with zero attached hydrogens (tertiary/aromatic N) is 2. The van der Waals surface area contributed by atoms with Gasteiger partial charge in [0.15, 0.2) is 0 Å². The minimum atomic E-state index is 0.0605. The van der Waals surface area contributed by atoms with Crippen LogP contribution in [0.25, 0.3) is 0 Å². The summed E-state index contributed by atoms with van der Waals surface area (Å²) in [5.74, 6) is 0. The van der Waals surface area contributed by atoms with E-state index in [2.05, 4.69) is 46.6 Å². The second kappa shape index (κ2) is 8.50. The van der Waals surface area contributed by atoms with Crippen LogP contribution in [0.3, 0.4) is 0 Å². The van der Waals surface area contributed by atoms with Crippen LogP contribution in [0.4, 0.5) is 4.79 Å². The minimum absolute atomic E-state index is 0.0605. The van der Waals surface area contributed by atoms with Gasteiger partial charge in [-0.2, -0.15) is 0 Å². The van der Waals surface area contributed by atoms with Crippen LogP contribution in [0, 0.1) is 0 Å². The van der Waals surface area contributed by atoms with Crippen LogP contribution in [-0.2, 0) is 13.0 Å². The van der Waals surface area contributed by atoms with Gasteiger partial charge in [-0.25, -0.2) is 4.79 Å². The van der Waals surface area contributed by atoms with E-state index in [1.807, 2.05) is 29.2 Å². The number of hydrogen-bond acceptors (Lipinski definition) is 2. The van der Waals surface area contributed by atoms with Crippen molar-refractivity contribution in [1.29, 1.82) is 0 Å². The first-order valence-electron chi connectivity index (χ1n) is 8.64. The number of piperazine rings is 1. The van der Waals surface area contributed by atoms with Crippen molar-refractivity contribution in [3.63, 3.8) is 0 Å². The molecule has 126 valence electrons. The van der Waals surface area contributed by atoms with E-state index in [0.29, 0.717) is 6.54 Å². The number of carbonyl (C=O) groups is 1. The summed E-state index contributed by atoms with van der Waals surface area (Å²) in [5, 5.41) is 3.03. The normalized spacial score (nSPS) is 15.2. The van der Waals surface area contributed by atoms with Crippen molar-refractivity contribution in [3.05, 3.63) is 71.8 Å². The first kappa shape index (κ1) is 16.5. The van der Waals surface area contributed by atoms with Crippen LogP contribution in [-0.4, -0.2) is 48.6 Å². The molecular formula is C20H25N3O. The van der Waals surface area contributed by atoms with E-state index in [1.165, 1.54) is 11.1 Å². The molecule has 1 fully saturated rings. The topological polar surface area (TPSA) is 35.6 Å². The molecule has 1 aliphatic rings. The standard InChI is InChI=1S/C20H25N3O/c24-20(21-12-11-18-7-3-1-4-8-18)23-15-13-22(14-16-23)17-19-9-5-2-6-10-19/h1-10H,11-17H2,(H,21,24). The molecule has 4 heteroatoms. The highest BCUT2D eigenvalue weighted by molar-refractivity contribution is 5.74. The lowest BCUT2D eigenvalue weighted by molar-refractivity contribution is 0.135. The quantitative estimate of drug-likeness (QED) is 0.918. The Morgan fingerprint density at radius 2 is 1.42 bits per heavy atom. The summed E-state index contributed by atoms with van der Waals surface area (Å²) in [4.78, 5) is 16.6. The van der Waals surface area contributed by atoms with Crippen LogP contribution >= 0.6 is 0 Å². The van der Waals surface area contributed by atoms with Gasteiger partial charge in [0.1, 0.15) is 0 Å². The van der Waals surface area contributed by atoms with Gasteiger partial charge < -0.3 is 10.2 Å². The van der Waals surface area contributed by atoms with Crippen molar-refractivity contribution >= 4 is 6.03 Å². The van der Waals surface area contributed by atoms with Crippen LogP contribution in [0.1, 0.15) is 11.1 Å². The predicted octanol–water partition coefficient (Wildman–Crippen LogP) is 2.76. The largest absolute Gasteiger partial charge is 0.338 e. The van der Waals surface area contributed by atoms with Gasteiger partial charge in [-0.05, 0) is 17.5 Å². The molecule has 0 saturated carbocycles. The summed E-state index contributed by atoms with van der Waals surface area (Å²) in [6.45, 7) is 5.10. The first-order chi connectivity index (χ1) is 11.8. The molecule has 24 heavy (non-hydrogen) atoms. The van der Waals surface area contributed by atoms with Crippen molar-refractivity contribution in [2.75, 3.05) is 32.7 Å². The van der Waals surface area contributed by atoms with E-state index in [1.54, 1.807) is 0 Å². The average molecular weight is 323 g/mol. The Hall–Kier alpha value is -2.33. The van der Waals surface area contributed by atoms with E-state index in [9.17, 15) is 4.79 Å². The summed E-state index contributed by atoms with van der Waals surface area (Å²) in [5.41, 5.74) is 2.59. The van der Waals surface area contributed by atoms with Gasteiger partial charge in [-0.15, -0.1) is 0 Å². The maximum Gasteiger partial charge on any atom is 0.317 e. The van der Waals surface area contributed by atoms with Gasteiger partial charge in [0.25, 0.3) is 0 Å². The molecule has 4 nitrogen and oxygen atoms in total. The Labute approximate surface area is 144 Å². The van der Waals surface area contributed by atoms with E-state index in [0.717, 1.165) is 39.1 Å². The highest BCUT2D eigenvalue weighted by atomic mass is 16.2. The van der Waals surface area contributed by atoms with Crippen molar-refractivity contribution in [2.45, 2.75) is 13.0 Å². The van der Waals surface area contributed by atoms with E-state index < -0.39 is 0 Å². The number of rotatable bonds is 5. The number of carbonyl (C=O) groups excluding carboxylic acids is 1. The smallest absolute Gasteiger partial charge is 0.317 e. The highest BCUT2D eigenvalue weighted by Gasteiger charge is 2.20. The van der Waals surface area contributed by atoms with Gasteiger partial charge in [0.05, 0.1) is 0 Å². The Morgan fingerprint density at radius 3 is 2.04 bits per heavy atom. The molecule has 3 rings (SSSR count). The Balaban J connectivity index is 1.37. The first-order valence-corrected chi connectivity index (χ1v) is 8.64. The van der Waals surface area contributed by atoms with Gasteiger partial charge in [0.2, 0.25) is 0 Å². The zero-order valence-electron chi connectivity index (χ0n) is 14.0. The third-order valence-electron chi connectivity index (χ3n) is 4.44. The number of nitrogens with one attached hydrogen (secondary N) is 1. The fourth-order valence-corrected chi connectivity index (χ4v) is 3.02. The third-order valence-corrected chi connectivity index (χ3v) is 4.44. The zero-order valence-corrected chi connectivity index (χ0v) is 14.0. The van der Waals surface area contributed by atoms with Gasteiger partial charge in [0, 0.05) is 39.3 Å². The second-order valence-corrected chi connectivity index (χ2v) is 6.22. The van der Waals surface area contributed by atoms with E-state index in [4.69, 9.17) is 0 Å². The summed E-state index contributed by atoms with van der Waals surface area (Å²) in [6, 6.07) is 20.8. The molecule has 0 radical (unpaired) electrons. The summed E-state index contributed by atoms with van der Waals surface area (Å²) in [6.07, 6.45) is 0.876. The van der Waals surface area contributed by atoms with Crippen molar-refractivity contribution in [1.82, 2.24) is 15.1 Å². The maximum absolute atomic E-state index is 12.2. The zero-order chi connectivity index (χ0) is 16.6. The monoisotopic (exact) mass is 323 g/mol. The molecule has 2 amide bonds. The molecule has 0 bridgehead atoms. The molecular weight excluding hydrogens is 298 g/mol. The van der Waals surface area contributed by atoms with Crippen LogP contribution < -0.4 is 5.32 Å². The second-order valence-electron chi connectivity index (χ2n) is 6.22. The molecule has 2 aromatic rings. The van der Waals surface area contributed by atoms with Gasteiger partial charge >= 0.3 is 6.03 Å². The van der Waals surface area contributed by atoms with Crippen molar-refractivity contribution in [3.8, 4) is 0 Å². The predicted molar refractivity (Wildman–Crippen MR) is 96.8 cm³/mol. The Kier molecular flexibility index (Phi) is 5.85. The van der Waals surface area contributed by atoms with Crippen LogP contribution in [0.2, 0.25) is 0 Å². The number of urea groups is 1. The molecule has 1 saturated heterocycles. The number of benzene rings is 2. The molecule has 0 spiro atoms. The van der Waals surface area contributed by atoms with Gasteiger partial charge in [-0.3, -0.25) is 4.90 Å². The molecule has 0 unspecified atom stereocenters. The molecule has 2 aromatic carbocycles. The lowest BCUT2D eigenvalue weighted by atomic mass is 10.1. The fourth-order valence-electron chi connectivity index (χ4n) is 3.02. The minimum Gasteiger partial charge on any atom is -0.338 e. The molecule has 0 aromatic heterocycles. The summed E-state index contributed by atoms with van der Waals surface area (Å²) in [7, 11) is 0. The Bertz CT molecular complexity index is 622. The van der Waals surface area contributed by atoms with Crippen molar-refractivity contribution < 1.29 is 4.79 Å². The lowest BCUT2D eigenvalue weighted by Gasteiger charge is -2.34. The third kappa shape index (κ3) is 4.83. The average Bonchev–Trinajstić information content (AvgIpc) is 2.64. The number of hydrogen-bond donors (Lipinski definition) is 1. The highest BCUT2D eigenvalue weighted by Crippen LogP contribution is 2.08. The Morgan fingerprint density at radius 1 is 0.833 bits per heavy atom. The summed E-state index contributed by atoms with van der Waals surface area (Å²) >= 11 is 0. The van der Waals surface area contributed by atoms with E-state index >= 15 is 0 Å². The summed E-state index contributed by atoms with van der Waals surface area (Å²) < 4.78 is 0. The molecule has 1 aliphatic heterocycles. The molecule has 0 aliphatic carbocycles. The number of amides is 2.